The number of rotatable bonds is 11. The van der Waals surface area contributed by atoms with Gasteiger partial charge >= 0.3 is 0 Å². The van der Waals surface area contributed by atoms with Crippen LogP contribution in [-0.2, 0) is 26.2 Å². The van der Waals surface area contributed by atoms with Crippen molar-refractivity contribution in [2.45, 2.75) is 57.6 Å². The number of benzene rings is 3. The molecule has 0 aliphatic heterocycles. The molecule has 0 aromatic heterocycles. The summed E-state index contributed by atoms with van der Waals surface area (Å²) in [4.78, 5) is 28.5. The Balaban J connectivity index is 2.06. The maximum atomic E-state index is 14.0. The zero-order valence-corrected chi connectivity index (χ0v) is 27.1. The Hall–Kier alpha value is -2.98. The van der Waals surface area contributed by atoms with E-state index in [1.54, 1.807) is 43.3 Å². The van der Waals surface area contributed by atoms with Crippen molar-refractivity contribution < 1.29 is 22.7 Å². The molecular weight excluding hydrogens is 621 g/mol. The van der Waals surface area contributed by atoms with E-state index in [-0.39, 0.29) is 17.1 Å². The highest BCUT2D eigenvalue weighted by Gasteiger charge is 2.33. The molecule has 2 amide bonds. The second kappa shape index (κ2) is 14.0. The molecule has 12 heteroatoms. The van der Waals surface area contributed by atoms with Crippen LogP contribution in [0.4, 0.5) is 5.69 Å². The number of carbonyl (C=O) groups is 2. The molecular formula is C30H34Cl3N3O5S. The van der Waals surface area contributed by atoms with Crippen LogP contribution >= 0.6 is 34.8 Å². The van der Waals surface area contributed by atoms with Gasteiger partial charge in [0.2, 0.25) is 11.8 Å². The topological polar surface area (TPSA) is 96.0 Å². The highest BCUT2D eigenvalue weighted by atomic mass is 35.5. The minimum absolute atomic E-state index is 0.0561. The van der Waals surface area contributed by atoms with Gasteiger partial charge in [-0.2, -0.15) is 0 Å². The van der Waals surface area contributed by atoms with Crippen molar-refractivity contribution in [2.24, 2.45) is 0 Å². The van der Waals surface area contributed by atoms with Gasteiger partial charge in [-0.05, 0) is 101 Å². The SMILES string of the molecule is CCOc1ccc(N(CC(=O)N(Cc2ccc(Cl)cc2Cl)[C@H](C)C(=O)NC(C)(C)C)S(=O)(=O)c2ccc(Cl)cc2)cc1. The fraction of sp³-hybridized carbons (Fsp3) is 0.333. The van der Waals surface area contributed by atoms with E-state index in [4.69, 9.17) is 39.5 Å². The number of hydrogen-bond acceptors (Lipinski definition) is 5. The van der Waals surface area contributed by atoms with Crippen molar-refractivity contribution in [3.8, 4) is 5.75 Å². The number of carbonyl (C=O) groups excluding carboxylic acids is 2. The van der Waals surface area contributed by atoms with Crippen LogP contribution in [0.15, 0.2) is 71.6 Å². The van der Waals surface area contributed by atoms with E-state index in [1.807, 2.05) is 27.7 Å². The van der Waals surface area contributed by atoms with Crippen molar-refractivity contribution in [1.29, 1.82) is 0 Å². The van der Waals surface area contributed by atoms with E-state index in [0.29, 0.717) is 33.0 Å². The molecule has 42 heavy (non-hydrogen) atoms. The Morgan fingerprint density at radius 2 is 1.52 bits per heavy atom. The first-order chi connectivity index (χ1) is 19.6. The lowest BCUT2D eigenvalue weighted by molar-refractivity contribution is -0.140. The molecule has 3 rings (SSSR count). The predicted molar refractivity (Wildman–Crippen MR) is 168 cm³/mol. The molecule has 0 aliphatic carbocycles. The third-order valence-corrected chi connectivity index (χ3v) is 8.76. The summed E-state index contributed by atoms with van der Waals surface area (Å²) in [5, 5.41) is 3.97. The summed E-state index contributed by atoms with van der Waals surface area (Å²) in [6, 6.07) is 15.9. The van der Waals surface area contributed by atoms with Gasteiger partial charge in [0.15, 0.2) is 0 Å². The molecule has 0 saturated heterocycles. The third-order valence-electron chi connectivity index (χ3n) is 6.14. The summed E-state index contributed by atoms with van der Waals surface area (Å²) in [7, 11) is -4.24. The normalized spacial score (nSPS) is 12.4. The van der Waals surface area contributed by atoms with E-state index in [9.17, 15) is 18.0 Å². The Kier molecular flexibility index (Phi) is 11.2. The van der Waals surface area contributed by atoms with Gasteiger partial charge in [0.05, 0.1) is 17.2 Å². The first-order valence-corrected chi connectivity index (χ1v) is 15.8. The van der Waals surface area contributed by atoms with Crippen LogP contribution in [0.2, 0.25) is 15.1 Å². The molecule has 0 heterocycles. The summed E-state index contributed by atoms with van der Waals surface area (Å²) in [6.45, 7) is 8.66. The quantitative estimate of drug-likeness (QED) is 0.252. The Labute approximate surface area is 262 Å². The number of nitrogens with zero attached hydrogens (tertiary/aromatic N) is 2. The average molecular weight is 655 g/mol. The molecule has 0 bridgehead atoms. The summed E-state index contributed by atoms with van der Waals surface area (Å²) in [5.74, 6) is -0.485. The number of halogens is 3. The van der Waals surface area contributed by atoms with Crippen molar-refractivity contribution in [3.63, 3.8) is 0 Å². The smallest absolute Gasteiger partial charge is 0.264 e. The van der Waals surface area contributed by atoms with Crippen LogP contribution in [0.5, 0.6) is 5.75 Å². The molecule has 226 valence electrons. The maximum Gasteiger partial charge on any atom is 0.264 e. The Bertz CT molecular complexity index is 1510. The third kappa shape index (κ3) is 8.77. The molecule has 1 N–H and O–H groups in total. The molecule has 1 atom stereocenters. The monoisotopic (exact) mass is 653 g/mol. The van der Waals surface area contributed by atoms with Crippen molar-refractivity contribution in [1.82, 2.24) is 10.2 Å². The standard InChI is InChI=1S/C30H34Cl3N3O5S/c1-6-41-25-13-11-24(12-14-25)36(42(39,40)26-15-9-22(31)10-16-26)19-28(37)35(20(2)29(38)34-30(3,4)5)18-21-7-8-23(32)17-27(21)33/h7-17,20H,6,18-19H2,1-5H3,(H,34,38)/t20-/m1/s1. The van der Waals surface area contributed by atoms with Crippen LogP contribution in [0, 0.1) is 0 Å². The predicted octanol–water partition coefficient (Wildman–Crippen LogP) is 6.57. The summed E-state index contributed by atoms with van der Waals surface area (Å²) >= 11 is 18.5. The number of nitrogens with one attached hydrogen (secondary N) is 1. The van der Waals surface area contributed by atoms with Gasteiger partial charge in [-0.15, -0.1) is 0 Å². The second-order valence-electron chi connectivity index (χ2n) is 10.6. The zero-order valence-electron chi connectivity index (χ0n) is 24.0. The van der Waals surface area contributed by atoms with E-state index < -0.39 is 40.0 Å². The van der Waals surface area contributed by atoms with Crippen LogP contribution in [-0.4, -0.2) is 49.9 Å². The van der Waals surface area contributed by atoms with E-state index in [1.165, 1.54) is 35.2 Å². The molecule has 0 radical (unpaired) electrons. The molecule has 0 aliphatic rings. The van der Waals surface area contributed by atoms with Crippen LogP contribution < -0.4 is 14.4 Å². The number of anilines is 1. The maximum absolute atomic E-state index is 14.0. The molecule has 0 fully saturated rings. The summed E-state index contributed by atoms with van der Waals surface area (Å²) in [6.07, 6.45) is 0. The van der Waals surface area contributed by atoms with E-state index in [2.05, 4.69) is 5.32 Å². The highest BCUT2D eigenvalue weighted by molar-refractivity contribution is 7.92. The summed E-state index contributed by atoms with van der Waals surface area (Å²) < 4.78 is 34.3. The number of amides is 2. The van der Waals surface area contributed by atoms with Crippen molar-refractivity contribution in [2.75, 3.05) is 17.5 Å². The molecule has 3 aromatic rings. The minimum Gasteiger partial charge on any atom is -0.494 e. The number of hydrogen-bond donors (Lipinski definition) is 1. The van der Waals surface area contributed by atoms with Crippen LogP contribution in [0.25, 0.3) is 0 Å². The minimum atomic E-state index is -4.24. The first kappa shape index (κ1) is 33.5. The zero-order chi connectivity index (χ0) is 31.2. The van der Waals surface area contributed by atoms with Gasteiger partial charge in [0, 0.05) is 27.2 Å². The lowest BCUT2D eigenvalue weighted by Crippen LogP contribution is -2.54. The van der Waals surface area contributed by atoms with Gasteiger partial charge in [-0.25, -0.2) is 8.42 Å². The molecule has 8 nitrogen and oxygen atoms in total. The molecule has 0 saturated carbocycles. The Morgan fingerprint density at radius 1 is 0.929 bits per heavy atom. The second-order valence-corrected chi connectivity index (χ2v) is 13.7. The van der Waals surface area contributed by atoms with Gasteiger partial charge in [0.25, 0.3) is 10.0 Å². The highest BCUT2D eigenvalue weighted by Crippen LogP contribution is 2.28. The van der Waals surface area contributed by atoms with E-state index in [0.717, 1.165) is 4.31 Å². The van der Waals surface area contributed by atoms with Crippen LogP contribution in [0.3, 0.4) is 0 Å². The lowest BCUT2D eigenvalue weighted by atomic mass is 10.1. The summed E-state index contributed by atoms with van der Waals surface area (Å²) in [5.41, 5.74) is 0.209. The van der Waals surface area contributed by atoms with Crippen LogP contribution in [0.1, 0.15) is 40.2 Å². The number of ether oxygens (including phenoxy) is 1. The van der Waals surface area contributed by atoms with Gasteiger partial charge in [-0.3, -0.25) is 13.9 Å². The first-order valence-electron chi connectivity index (χ1n) is 13.2. The van der Waals surface area contributed by atoms with E-state index >= 15 is 0 Å². The van der Waals surface area contributed by atoms with Gasteiger partial charge in [0.1, 0.15) is 18.3 Å². The fourth-order valence-electron chi connectivity index (χ4n) is 4.03. The largest absolute Gasteiger partial charge is 0.494 e. The molecule has 0 unspecified atom stereocenters. The lowest BCUT2D eigenvalue weighted by Gasteiger charge is -2.33. The van der Waals surface area contributed by atoms with Gasteiger partial charge < -0.3 is 15.0 Å². The average Bonchev–Trinajstić information content (AvgIpc) is 2.91. The van der Waals surface area contributed by atoms with Crippen molar-refractivity contribution >= 4 is 62.3 Å². The number of sulfonamides is 1. The molecule has 3 aromatic carbocycles. The van der Waals surface area contributed by atoms with Gasteiger partial charge in [-0.1, -0.05) is 40.9 Å². The van der Waals surface area contributed by atoms with Crippen molar-refractivity contribution in [3.05, 3.63) is 87.4 Å². The fourth-order valence-corrected chi connectivity index (χ4v) is 6.04. The Morgan fingerprint density at radius 3 is 2.07 bits per heavy atom. The molecule has 0 spiro atoms.